The van der Waals surface area contributed by atoms with Crippen LogP contribution in [0.25, 0.3) is 0 Å². The Bertz CT molecular complexity index is 729. The van der Waals surface area contributed by atoms with Crippen molar-refractivity contribution in [2.24, 2.45) is 17.8 Å². The number of carbonyl (C=O) groups is 1. The first-order valence-electron chi connectivity index (χ1n) is 12.4. The molecule has 0 spiro atoms. The van der Waals surface area contributed by atoms with E-state index < -0.39 is 5.97 Å². The van der Waals surface area contributed by atoms with E-state index in [1.165, 1.54) is 34.0 Å². The van der Waals surface area contributed by atoms with Gasteiger partial charge in [-0.05, 0) is 95.4 Å². The minimum atomic E-state index is -0.702. The van der Waals surface area contributed by atoms with Crippen LogP contribution < -0.4 is 0 Å². The number of aliphatic hydroxyl groups is 1. The zero-order chi connectivity index (χ0) is 24.3. The van der Waals surface area contributed by atoms with Gasteiger partial charge in [-0.15, -0.1) is 9.24 Å². The zero-order valence-electron chi connectivity index (χ0n) is 21.3. The number of rotatable bonds is 14. The van der Waals surface area contributed by atoms with Gasteiger partial charge in [-0.1, -0.05) is 55.7 Å². The van der Waals surface area contributed by atoms with Gasteiger partial charge in [-0.3, -0.25) is 4.79 Å². The van der Waals surface area contributed by atoms with Crippen molar-refractivity contribution in [1.29, 1.82) is 0 Å². The standard InChI is InChI=1S/C28H47O3P/c1-19(10-7-11-20(2)14-9-15-22(4)28(30)31)12-8-13-21(3)16-17-25-18-26(29)23(5)24(6)27(25)32/h12,14,18,21-23,26,29H,7-11,13,15-17,32H2,1-6H3,(H,30,31)/b19-12+,20-14+. The van der Waals surface area contributed by atoms with Gasteiger partial charge in [-0.2, -0.15) is 0 Å². The molecule has 4 heteroatoms. The maximum absolute atomic E-state index is 10.9. The molecule has 0 saturated carbocycles. The van der Waals surface area contributed by atoms with E-state index in [4.69, 9.17) is 5.11 Å². The van der Waals surface area contributed by atoms with Crippen LogP contribution in [0.1, 0.15) is 99.3 Å². The third-order valence-electron chi connectivity index (χ3n) is 7.05. The van der Waals surface area contributed by atoms with E-state index in [1.807, 2.05) is 0 Å². The largest absolute Gasteiger partial charge is 0.481 e. The molecule has 0 aromatic rings. The highest BCUT2D eigenvalue weighted by molar-refractivity contribution is 7.23. The second-order valence-electron chi connectivity index (χ2n) is 10.1. The molecule has 0 heterocycles. The van der Waals surface area contributed by atoms with E-state index in [9.17, 15) is 9.90 Å². The number of carboxylic acid groups (broad SMARTS) is 1. The third kappa shape index (κ3) is 10.6. The van der Waals surface area contributed by atoms with Crippen LogP contribution in [0.5, 0.6) is 0 Å². The van der Waals surface area contributed by atoms with Gasteiger partial charge < -0.3 is 10.2 Å². The SMILES string of the molecule is CC1=C(P)C(CCC(C)CC/C=C(\C)CCC/C(C)=C/CCC(C)C(=O)O)=CC(O)C1C. The van der Waals surface area contributed by atoms with Crippen molar-refractivity contribution in [3.05, 3.63) is 45.8 Å². The number of hydrogen-bond donors (Lipinski definition) is 2. The van der Waals surface area contributed by atoms with Gasteiger partial charge >= 0.3 is 5.97 Å². The highest BCUT2D eigenvalue weighted by Crippen LogP contribution is 2.36. The van der Waals surface area contributed by atoms with Crippen molar-refractivity contribution in [2.45, 2.75) is 105 Å². The van der Waals surface area contributed by atoms with Gasteiger partial charge in [0.2, 0.25) is 0 Å². The molecule has 5 atom stereocenters. The molecule has 0 aliphatic heterocycles. The molecule has 1 aliphatic rings. The molecule has 1 aliphatic carbocycles. The Hall–Kier alpha value is -1.18. The van der Waals surface area contributed by atoms with E-state index in [-0.39, 0.29) is 17.9 Å². The molecule has 3 nitrogen and oxygen atoms in total. The summed E-state index contributed by atoms with van der Waals surface area (Å²) in [6.45, 7) is 12.7. The predicted octanol–water partition coefficient (Wildman–Crippen LogP) is 7.83. The molecular formula is C28H47O3P. The highest BCUT2D eigenvalue weighted by Gasteiger charge is 2.22. The van der Waals surface area contributed by atoms with Crippen molar-refractivity contribution in [3.63, 3.8) is 0 Å². The van der Waals surface area contributed by atoms with Gasteiger partial charge in [0.25, 0.3) is 0 Å². The molecule has 0 aromatic heterocycles. The third-order valence-corrected chi connectivity index (χ3v) is 7.88. The van der Waals surface area contributed by atoms with Crippen molar-refractivity contribution >= 4 is 15.2 Å². The molecule has 32 heavy (non-hydrogen) atoms. The lowest BCUT2D eigenvalue weighted by molar-refractivity contribution is -0.141. The Kier molecular flexibility index (Phi) is 13.4. The molecule has 182 valence electrons. The zero-order valence-corrected chi connectivity index (χ0v) is 22.4. The topological polar surface area (TPSA) is 57.5 Å². The molecule has 0 fully saturated rings. The minimum Gasteiger partial charge on any atom is -0.481 e. The molecule has 0 saturated heterocycles. The maximum Gasteiger partial charge on any atom is 0.306 e. The van der Waals surface area contributed by atoms with Crippen LogP contribution in [0.2, 0.25) is 0 Å². The Morgan fingerprint density at radius 1 is 1.09 bits per heavy atom. The number of allylic oxidation sites excluding steroid dienone is 6. The smallest absolute Gasteiger partial charge is 0.306 e. The van der Waals surface area contributed by atoms with Gasteiger partial charge in [-0.25, -0.2) is 0 Å². The first-order chi connectivity index (χ1) is 15.0. The van der Waals surface area contributed by atoms with Gasteiger partial charge in [0.15, 0.2) is 0 Å². The Labute approximate surface area is 199 Å². The number of carboxylic acids is 1. The Balaban J connectivity index is 2.27. The second-order valence-corrected chi connectivity index (χ2v) is 10.6. The number of aliphatic hydroxyl groups excluding tert-OH is 1. The summed E-state index contributed by atoms with van der Waals surface area (Å²) in [7, 11) is 2.88. The van der Waals surface area contributed by atoms with Gasteiger partial charge in [0, 0.05) is 5.92 Å². The summed E-state index contributed by atoms with van der Waals surface area (Å²) in [5.41, 5.74) is 5.45. The summed E-state index contributed by atoms with van der Waals surface area (Å²) in [4.78, 5) is 10.9. The summed E-state index contributed by atoms with van der Waals surface area (Å²) in [5.74, 6) is -0.0684. The maximum atomic E-state index is 10.9. The molecular weight excluding hydrogens is 415 g/mol. The minimum absolute atomic E-state index is 0.219. The summed E-state index contributed by atoms with van der Waals surface area (Å²) >= 11 is 0. The first kappa shape index (κ1) is 28.9. The Morgan fingerprint density at radius 3 is 2.22 bits per heavy atom. The van der Waals surface area contributed by atoms with E-state index in [0.717, 1.165) is 51.4 Å². The van der Waals surface area contributed by atoms with Crippen molar-refractivity contribution < 1.29 is 15.0 Å². The van der Waals surface area contributed by atoms with E-state index >= 15 is 0 Å². The lowest BCUT2D eigenvalue weighted by atomic mass is 9.85. The quantitative estimate of drug-likeness (QED) is 0.204. The van der Waals surface area contributed by atoms with Crippen LogP contribution in [0, 0.1) is 17.8 Å². The molecule has 0 radical (unpaired) electrons. The normalized spacial score (nSPS) is 22.1. The fraction of sp³-hybridized carbons (Fsp3) is 0.679. The van der Waals surface area contributed by atoms with E-state index in [2.05, 4.69) is 62.1 Å². The van der Waals surface area contributed by atoms with Gasteiger partial charge in [0.1, 0.15) is 0 Å². The van der Waals surface area contributed by atoms with E-state index in [1.54, 1.807) is 6.92 Å². The first-order valence-corrected chi connectivity index (χ1v) is 13.0. The fourth-order valence-corrected chi connectivity index (χ4v) is 4.63. The van der Waals surface area contributed by atoms with Crippen molar-refractivity contribution in [1.82, 2.24) is 0 Å². The van der Waals surface area contributed by atoms with E-state index in [0.29, 0.717) is 5.92 Å². The van der Waals surface area contributed by atoms with Crippen molar-refractivity contribution in [2.75, 3.05) is 0 Å². The van der Waals surface area contributed by atoms with Crippen LogP contribution in [0.3, 0.4) is 0 Å². The number of aliphatic carboxylic acids is 1. The lowest BCUT2D eigenvalue weighted by Gasteiger charge is -2.27. The van der Waals surface area contributed by atoms with Crippen LogP contribution in [0.15, 0.2) is 45.8 Å². The molecule has 1 rings (SSSR count). The van der Waals surface area contributed by atoms with Gasteiger partial charge in [0.05, 0.1) is 12.0 Å². The molecule has 0 aromatic carbocycles. The molecule has 0 bridgehead atoms. The highest BCUT2D eigenvalue weighted by atomic mass is 31.0. The summed E-state index contributed by atoms with van der Waals surface area (Å²) in [6, 6.07) is 0. The summed E-state index contributed by atoms with van der Waals surface area (Å²) in [5, 5.41) is 20.5. The lowest BCUT2D eigenvalue weighted by Crippen LogP contribution is -2.21. The average Bonchev–Trinajstić information content (AvgIpc) is 2.73. The predicted molar refractivity (Wildman–Crippen MR) is 141 cm³/mol. The van der Waals surface area contributed by atoms with Crippen LogP contribution >= 0.6 is 9.24 Å². The summed E-state index contributed by atoms with van der Waals surface area (Å²) < 4.78 is 0. The molecule has 2 N–H and O–H groups in total. The average molecular weight is 463 g/mol. The number of hydrogen-bond acceptors (Lipinski definition) is 2. The monoisotopic (exact) mass is 462 g/mol. The second kappa shape index (κ2) is 14.9. The fourth-order valence-electron chi connectivity index (χ4n) is 4.13. The Morgan fingerprint density at radius 2 is 1.66 bits per heavy atom. The van der Waals surface area contributed by atoms with Crippen LogP contribution in [-0.2, 0) is 4.79 Å². The molecule has 5 unspecified atom stereocenters. The van der Waals surface area contributed by atoms with Crippen molar-refractivity contribution in [3.8, 4) is 0 Å². The molecule has 0 amide bonds. The van der Waals surface area contributed by atoms with Crippen LogP contribution in [-0.4, -0.2) is 22.3 Å². The summed E-state index contributed by atoms with van der Waals surface area (Å²) in [6.07, 6.45) is 15.8. The van der Waals surface area contributed by atoms with Crippen LogP contribution in [0.4, 0.5) is 0 Å².